The number of nitrogens with zero attached hydrogens (tertiary/aromatic N) is 1. The second-order valence-corrected chi connectivity index (χ2v) is 6.04. The minimum atomic E-state index is -0.570. The first-order valence-electron chi connectivity index (χ1n) is 7.34. The number of nitriles is 1. The summed E-state index contributed by atoms with van der Waals surface area (Å²) in [6.45, 7) is 1.39. The van der Waals surface area contributed by atoms with Crippen LogP contribution in [-0.2, 0) is 20.7 Å². The van der Waals surface area contributed by atoms with Gasteiger partial charge in [-0.05, 0) is 60.1 Å². The Kier molecular flexibility index (Phi) is 6.54. The molecule has 7 heteroatoms. The molecule has 1 N–H and O–H groups in total. The summed E-state index contributed by atoms with van der Waals surface area (Å²) in [4.78, 5) is 24.4. The summed E-state index contributed by atoms with van der Waals surface area (Å²) in [5.41, 5.74) is 1.99. The lowest BCUT2D eigenvalue weighted by molar-refractivity contribution is -0.146. The molecule has 0 spiro atoms. The van der Waals surface area contributed by atoms with Crippen LogP contribution in [-0.4, -0.2) is 18.5 Å². The van der Waals surface area contributed by atoms with Crippen LogP contribution >= 0.6 is 11.8 Å². The Morgan fingerprint density at radius 2 is 1.96 bits per heavy atom. The third-order valence-electron chi connectivity index (χ3n) is 3.26. The third-order valence-corrected chi connectivity index (χ3v) is 3.84. The largest absolute Gasteiger partial charge is 0.455 e. The molecule has 0 bridgehead atoms. The fourth-order valence-corrected chi connectivity index (χ4v) is 2.52. The van der Waals surface area contributed by atoms with Crippen molar-refractivity contribution in [3.05, 3.63) is 59.4 Å². The molecule has 0 heterocycles. The van der Waals surface area contributed by atoms with Crippen LogP contribution in [0.2, 0.25) is 0 Å². The van der Waals surface area contributed by atoms with E-state index in [0.717, 1.165) is 22.2 Å². The van der Waals surface area contributed by atoms with E-state index in [0.29, 0.717) is 11.3 Å². The molecule has 5 nitrogen and oxygen atoms in total. The number of thiocyanates is 1. The Bertz CT molecular complexity index is 816. The fourth-order valence-electron chi connectivity index (χ4n) is 2.04. The molecule has 0 aliphatic rings. The minimum absolute atomic E-state index is 0.0351. The molecular formula is C18H15FN2O3S. The van der Waals surface area contributed by atoms with Crippen molar-refractivity contribution >= 4 is 29.3 Å². The van der Waals surface area contributed by atoms with Crippen LogP contribution in [0.5, 0.6) is 0 Å². The number of rotatable bonds is 6. The van der Waals surface area contributed by atoms with Crippen molar-refractivity contribution in [3.63, 3.8) is 0 Å². The molecular weight excluding hydrogens is 343 g/mol. The number of carbonyl (C=O) groups is 2. The highest BCUT2D eigenvalue weighted by Crippen LogP contribution is 2.23. The van der Waals surface area contributed by atoms with E-state index >= 15 is 0 Å². The van der Waals surface area contributed by atoms with Gasteiger partial charge < -0.3 is 10.1 Å². The number of nitrogens with one attached hydrogen (secondary N) is 1. The number of hydrogen-bond acceptors (Lipinski definition) is 5. The Morgan fingerprint density at radius 3 is 2.60 bits per heavy atom. The fraction of sp³-hybridized carbons (Fsp3) is 0.167. The lowest BCUT2D eigenvalue weighted by Gasteiger charge is -2.10. The third kappa shape index (κ3) is 5.94. The van der Waals surface area contributed by atoms with Gasteiger partial charge in [0, 0.05) is 10.6 Å². The van der Waals surface area contributed by atoms with Gasteiger partial charge in [-0.3, -0.25) is 9.59 Å². The molecule has 0 aliphatic heterocycles. The summed E-state index contributed by atoms with van der Waals surface area (Å²) < 4.78 is 17.7. The van der Waals surface area contributed by atoms with Crippen molar-refractivity contribution in [2.45, 2.75) is 18.2 Å². The van der Waals surface area contributed by atoms with E-state index in [1.54, 1.807) is 25.1 Å². The summed E-state index contributed by atoms with van der Waals surface area (Å²) in [5.74, 6) is -1.42. The molecule has 0 saturated heterocycles. The Balaban J connectivity index is 1.83. The number of aryl methyl sites for hydroxylation is 1. The van der Waals surface area contributed by atoms with Crippen molar-refractivity contribution in [2.24, 2.45) is 0 Å². The van der Waals surface area contributed by atoms with Crippen LogP contribution in [0.4, 0.5) is 10.1 Å². The molecule has 128 valence electrons. The smallest absolute Gasteiger partial charge is 0.310 e. The molecule has 0 aliphatic carbocycles. The zero-order valence-electron chi connectivity index (χ0n) is 13.4. The van der Waals surface area contributed by atoms with Crippen LogP contribution in [0.1, 0.15) is 11.1 Å². The van der Waals surface area contributed by atoms with Crippen LogP contribution in [0, 0.1) is 23.4 Å². The normalized spacial score (nSPS) is 9.96. The lowest BCUT2D eigenvalue weighted by atomic mass is 10.1. The Labute approximate surface area is 148 Å². The summed E-state index contributed by atoms with van der Waals surface area (Å²) in [7, 11) is 0. The second kappa shape index (κ2) is 8.85. The number of carbonyl (C=O) groups excluding carboxylic acids is 2. The van der Waals surface area contributed by atoms with E-state index in [2.05, 4.69) is 5.32 Å². The van der Waals surface area contributed by atoms with Gasteiger partial charge >= 0.3 is 5.97 Å². The molecule has 25 heavy (non-hydrogen) atoms. The van der Waals surface area contributed by atoms with E-state index in [1.807, 2.05) is 5.40 Å². The van der Waals surface area contributed by atoms with Crippen LogP contribution in [0.3, 0.4) is 0 Å². The monoisotopic (exact) mass is 358 g/mol. The maximum atomic E-state index is 12.8. The van der Waals surface area contributed by atoms with Crippen molar-refractivity contribution < 1.29 is 18.7 Å². The van der Waals surface area contributed by atoms with Crippen LogP contribution in [0.25, 0.3) is 0 Å². The van der Waals surface area contributed by atoms with Gasteiger partial charge in [0.15, 0.2) is 6.61 Å². The molecule has 0 aromatic heterocycles. The number of thioether (sulfide) groups is 1. The van der Waals surface area contributed by atoms with E-state index in [1.165, 1.54) is 24.3 Å². The maximum Gasteiger partial charge on any atom is 0.310 e. The molecule has 0 radical (unpaired) electrons. The molecule has 0 saturated carbocycles. The molecule has 2 rings (SSSR count). The van der Waals surface area contributed by atoms with E-state index in [9.17, 15) is 14.0 Å². The van der Waals surface area contributed by atoms with E-state index in [-0.39, 0.29) is 12.2 Å². The first-order valence-corrected chi connectivity index (χ1v) is 8.16. The molecule has 0 unspecified atom stereocenters. The Morgan fingerprint density at radius 1 is 1.24 bits per heavy atom. The van der Waals surface area contributed by atoms with Crippen LogP contribution < -0.4 is 5.32 Å². The van der Waals surface area contributed by atoms with Gasteiger partial charge in [-0.15, -0.1) is 0 Å². The standard InChI is InChI=1S/C18H15FN2O3S/c1-12-8-15(25-11-20)6-7-16(12)21-17(22)10-24-18(23)9-13-2-4-14(19)5-3-13/h2-8H,9-10H2,1H3,(H,21,22). The van der Waals surface area contributed by atoms with Gasteiger partial charge in [0.25, 0.3) is 5.91 Å². The minimum Gasteiger partial charge on any atom is -0.455 e. The van der Waals surface area contributed by atoms with Crippen molar-refractivity contribution in [3.8, 4) is 5.40 Å². The summed E-state index contributed by atoms with van der Waals surface area (Å²) in [6.07, 6.45) is -0.0351. The Hall–Kier alpha value is -2.85. The van der Waals surface area contributed by atoms with Gasteiger partial charge in [0.2, 0.25) is 0 Å². The highest BCUT2D eigenvalue weighted by atomic mass is 32.2. The lowest BCUT2D eigenvalue weighted by Crippen LogP contribution is -2.22. The summed E-state index contributed by atoms with van der Waals surface area (Å²) in [6, 6.07) is 10.7. The molecule has 2 aromatic carbocycles. The first-order chi connectivity index (χ1) is 12.0. The number of benzene rings is 2. The number of anilines is 1. The number of esters is 1. The number of amides is 1. The van der Waals surface area contributed by atoms with E-state index in [4.69, 9.17) is 10.00 Å². The van der Waals surface area contributed by atoms with Gasteiger partial charge in [-0.25, -0.2) is 4.39 Å². The average Bonchev–Trinajstić information content (AvgIpc) is 2.58. The second-order valence-electron chi connectivity index (χ2n) is 5.18. The van der Waals surface area contributed by atoms with E-state index < -0.39 is 18.5 Å². The number of hydrogen-bond donors (Lipinski definition) is 1. The topological polar surface area (TPSA) is 79.2 Å². The van der Waals surface area contributed by atoms with Gasteiger partial charge in [-0.2, -0.15) is 5.26 Å². The van der Waals surface area contributed by atoms with Crippen LogP contribution in [0.15, 0.2) is 47.4 Å². The average molecular weight is 358 g/mol. The zero-order valence-corrected chi connectivity index (χ0v) is 14.2. The number of ether oxygens (including phenoxy) is 1. The SMILES string of the molecule is Cc1cc(SC#N)ccc1NC(=O)COC(=O)Cc1ccc(F)cc1. The first kappa shape index (κ1) is 18.5. The zero-order chi connectivity index (χ0) is 18.2. The summed E-state index contributed by atoms with van der Waals surface area (Å²) in [5, 5.41) is 13.3. The predicted molar refractivity (Wildman–Crippen MR) is 92.3 cm³/mol. The van der Waals surface area contributed by atoms with Gasteiger partial charge in [-0.1, -0.05) is 12.1 Å². The quantitative estimate of drug-likeness (QED) is 0.486. The van der Waals surface area contributed by atoms with Crippen molar-refractivity contribution in [2.75, 3.05) is 11.9 Å². The van der Waals surface area contributed by atoms with Crippen molar-refractivity contribution in [1.29, 1.82) is 5.26 Å². The summed E-state index contributed by atoms with van der Waals surface area (Å²) >= 11 is 1.03. The molecule has 0 fully saturated rings. The molecule has 0 atom stereocenters. The molecule has 1 amide bonds. The highest BCUT2D eigenvalue weighted by molar-refractivity contribution is 8.03. The number of halogens is 1. The van der Waals surface area contributed by atoms with Crippen molar-refractivity contribution in [1.82, 2.24) is 0 Å². The van der Waals surface area contributed by atoms with Gasteiger partial charge in [0.05, 0.1) is 6.42 Å². The van der Waals surface area contributed by atoms with Gasteiger partial charge in [0.1, 0.15) is 11.2 Å². The predicted octanol–water partition coefficient (Wildman–Crippen LogP) is 3.43. The maximum absolute atomic E-state index is 12.8. The molecule has 2 aromatic rings. The highest BCUT2D eigenvalue weighted by Gasteiger charge is 2.10.